The fraction of sp³-hybridized carbons (Fsp3) is 0.571. The number of nitrogens with zero attached hydrogens (tertiary/aromatic N) is 5. The van der Waals surface area contributed by atoms with Gasteiger partial charge in [0, 0.05) is 25.1 Å². The SMILES string of the molecule is CC(C)(O)c1cnnn1[C@H]1C[C@@H](C(=O)NC(CCCCNC(=O)O)C(=O)C(N)=O)N(C(=O)[C@@H](CC2CCCCC2)NC(=O)c2cccc(C#N)c2)C1. The first-order valence-corrected chi connectivity index (χ1v) is 17.5. The van der Waals surface area contributed by atoms with Crippen molar-refractivity contribution in [2.45, 2.75) is 108 Å². The van der Waals surface area contributed by atoms with Gasteiger partial charge in [-0.25, -0.2) is 9.48 Å². The van der Waals surface area contributed by atoms with Crippen molar-refractivity contribution >= 4 is 35.5 Å². The van der Waals surface area contributed by atoms with Crippen LogP contribution in [-0.2, 0) is 24.8 Å². The molecule has 17 heteroatoms. The Balaban J connectivity index is 1.65. The topological polar surface area (TPSA) is 263 Å². The number of carbonyl (C=O) groups excluding carboxylic acids is 5. The van der Waals surface area contributed by atoms with E-state index >= 15 is 0 Å². The standard InChI is InChI=1S/C35H47N9O8/c1-35(2,52)28-19-39-42-44(28)24-17-27(32(48)40-25(29(45)30(37)46)13-6-7-14-38-34(50)51)43(20-24)33(49)26(16-21-9-4-3-5-10-21)41-31(47)23-12-8-11-22(15-23)18-36/h8,11-12,15,19,21,24-27,38,52H,3-7,9-10,13-14,16-17,20H2,1-2H3,(H2,37,46)(H,40,48)(H,41,47)(H,50,51)/t24-,25?,26+,27-/m0/s1. The van der Waals surface area contributed by atoms with E-state index in [0.717, 1.165) is 32.1 Å². The summed E-state index contributed by atoms with van der Waals surface area (Å²) in [6.45, 7) is 3.13. The van der Waals surface area contributed by atoms with Gasteiger partial charge in [-0.3, -0.25) is 24.0 Å². The van der Waals surface area contributed by atoms with Gasteiger partial charge in [0.1, 0.15) is 17.7 Å². The van der Waals surface area contributed by atoms with Crippen LogP contribution in [0, 0.1) is 17.2 Å². The summed E-state index contributed by atoms with van der Waals surface area (Å²) >= 11 is 0. The number of nitriles is 1. The van der Waals surface area contributed by atoms with E-state index in [0.29, 0.717) is 18.5 Å². The van der Waals surface area contributed by atoms with Crippen molar-refractivity contribution < 1.29 is 39.0 Å². The Morgan fingerprint density at radius 1 is 1.08 bits per heavy atom. The number of nitrogens with one attached hydrogen (secondary N) is 3. The molecule has 4 rings (SSSR count). The first-order valence-electron chi connectivity index (χ1n) is 17.5. The molecule has 7 N–H and O–H groups in total. The van der Waals surface area contributed by atoms with Crippen LogP contribution in [0.4, 0.5) is 4.79 Å². The van der Waals surface area contributed by atoms with Gasteiger partial charge in [0.2, 0.25) is 17.6 Å². The number of Topliss-reactive ketones (excluding diaryl/α,β-unsaturated/α-hetero) is 1. The monoisotopic (exact) mass is 721 g/mol. The predicted octanol–water partition coefficient (Wildman–Crippen LogP) is 1.27. The van der Waals surface area contributed by atoms with Crippen molar-refractivity contribution in [1.29, 1.82) is 5.26 Å². The van der Waals surface area contributed by atoms with E-state index in [2.05, 4.69) is 26.3 Å². The van der Waals surface area contributed by atoms with Crippen LogP contribution in [-0.4, -0.2) is 96.8 Å². The van der Waals surface area contributed by atoms with Crippen LogP contribution in [0.1, 0.15) is 106 Å². The number of nitrogens with two attached hydrogens (primary N) is 1. The molecule has 1 aromatic carbocycles. The highest BCUT2D eigenvalue weighted by Crippen LogP contribution is 2.33. The van der Waals surface area contributed by atoms with Gasteiger partial charge < -0.3 is 36.8 Å². The number of carbonyl (C=O) groups is 6. The molecule has 280 valence electrons. The molecule has 2 heterocycles. The lowest BCUT2D eigenvalue weighted by atomic mass is 9.84. The van der Waals surface area contributed by atoms with Gasteiger partial charge in [-0.15, -0.1) is 5.10 Å². The highest BCUT2D eigenvalue weighted by Gasteiger charge is 2.45. The first kappa shape index (κ1) is 39.4. The maximum absolute atomic E-state index is 14.6. The lowest BCUT2D eigenvalue weighted by Crippen LogP contribution is -2.56. The van der Waals surface area contributed by atoms with Crippen LogP contribution in [0.2, 0.25) is 0 Å². The van der Waals surface area contributed by atoms with Gasteiger partial charge in [0.25, 0.3) is 11.8 Å². The molecule has 0 bridgehead atoms. The predicted molar refractivity (Wildman–Crippen MR) is 184 cm³/mol. The smallest absolute Gasteiger partial charge is 0.404 e. The largest absolute Gasteiger partial charge is 0.465 e. The molecule has 0 spiro atoms. The Labute approximate surface area is 301 Å². The molecule has 17 nitrogen and oxygen atoms in total. The number of ketones is 1. The summed E-state index contributed by atoms with van der Waals surface area (Å²) in [5, 5.41) is 44.8. The number of hydrogen-bond donors (Lipinski definition) is 6. The van der Waals surface area contributed by atoms with E-state index in [1.807, 2.05) is 6.07 Å². The number of hydrogen-bond acceptors (Lipinski definition) is 10. The van der Waals surface area contributed by atoms with E-state index in [1.165, 1.54) is 27.9 Å². The molecule has 2 aromatic rings. The molecule has 1 aliphatic heterocycles. The summed E-state index contributed by atoms with van der Waals surface area (Å²) in [6, 6.07) is 3.87. The fourth-order valence-electron chi connectivity index (χ4n) is 6.96. The van der Waals surface area contributed by atoms with E-state index in [4.69, 9.17) is 10.8 Å². The second-order valence-corrected chi connectivity index (χ2v) is 14.0. The molecule has 1 saturated heterocycles. The maximum atomic E-state index is 14.6. The van der Waals surface area contributed by atoms with E-state index in [-0.39, 0.29) is 49.4 Å². The third kappa shape index (κ3) is 10.3. The molecule has 1 saturated carbocycles. The third-order valence-corrected chi connectivity index (χ3v) is 9.63. The minimum atomic E-state index is -1.37. The molecular weight excluding hydrogens is 674 g/mol. The second-order valence-electron chi connectivity index (χ2n) is 14.0. The maximum Gasteiger partial charge on any atom is 0.404 e. The number of rotatable bonds is 16. The minimum absolute atomic E-state index is 0.00165. The van der Waals surface area contributed by atoms with E-state index in [9.17, 15) is 39.1 Å². The summed E-state index contributed by atoms with van der Waals surface area (Å²) in [5.74, 6) is -4.03. The summed E-state index contributed by atoms with van der Waals surface area (Å²) in [4.78, 5) is 79.2. The van der Waals surface area contributed by atoms with Crippen molar-refractivity contribution in [1.82, 2.24) is 35.8 Å². The average Bonchev–Trinajstić information content (AvgIpc) is 3.79. The highest BCUT2D eigenvalue weighted by molar-refractivity contribution is 6.37. The molecular formula is C35H47N9O8. The Morgan fingerprint density at radius 3 is 2.46 bits per heavy atom. The lowest BCUT2D eigenvalue weighted by molar-refractivity contribution is -0.142. The quantitative estimate of drug-likeness (QED) is 0.106. The van der Waals surface area contributed by atoms with Crippen molar-refractivity contribution in [2.24, 2.45) is 11.7 Å². The molecule has 4 atom stereocenters. The highest BCUT2D eigenvalue weighted by atomic mass is 16.4. The molecule has 1 aliphatic carbocycles. The summed E-state index contributed by atoms with van der Waals surface area (Å²) in [5.41, 5.74) is 4.74. The van der Waals surface area contributed by atoms with Crippen LogP contribution < -0.4 is 21.7 Å². The number of aliphatic hydroxyl groups is 1. The van der Waals surface area contributed by atoms with Crippen LogP contribution in [0.15, 0.2) is 30.5 Å². The first-order chi connectivity index (χ1) is 24.7. The van der Waals surface area contributed by atoms with Gasteiger partial charge in [-0.05, 0) is 63.6 Å². The number of benzene rings is 1. The number of carboxylic acid groups (broad SMARTS) is 1. The summed E-state index contributed by atoms with van der Waals surface area (Å²) in [7, 11) is 0. The van der Waals surface area contributed by atoms with Crippen molar-refractivity contribution in [3.63, 3.8) is 0 Å². The van der Waals surface area contributed by atoms with Gasteiger partial charge >= 0.3 is 6.09 Å². The molecule has 2 fully saturated rings. The number of likely N-dealkylation sites (tertiary alicyclic amines) is 1. The van der Waals surface area contributed by atoms with Crippen LogP contribution in [0.3, 0.4) is 0 Å². The Morgan fingerprint density at radius 2 is 1.81 bits per heavy atom. The summed E-state index contributed by atoms with van der Waals surface area (Å²) < 4.78 is 1.46. The Kier molecular flexibility index (Phi) is 13.4. The van der Waals surface area contributed by atoms with Crippen LogP contribution in [0.25, 0.3) is 0 Å². The molecule has 5 amide bonds. The minimum Gasteiger partial charge on any atom is -0.465 e. The third-order valence-electron chi connectivity index (χ3n) is 9.63. The number of aromatic nitrogens is 3. The zero-order chi connectivity index (χ0) is 38.0. The number of unbranched alkanes of at least 4 members (excludes halogenated alkanes) is 1. The number of primary amides is 1. The van der Waals surface area contributed by atoms with Crippen LogP contribution in [0.5, 0.6) is 0 Å². The van der Waals surface area contributed by atoms with E-state index in [1.54, 1.807) is 26.0 Å². The molecule has 52 heavy (non-hydrogen) atoms. The van der Waals surface area contributed by atoms with Crippen molar-refractivity contribution in [2.75, 3.05) is 13.1 Å². The zero-order valence-corrected chi connectivity index (χ0v) is 29.4. The van der Waals surface area contributed by atoms with Gasteiger partial charge in [-0.1, -0.05) is 43.4 Å². The second kappa shape index (κ2) is 17.7. The van der Waals surface area contributed by atoms with Gasteiger partial charge in [0.05, 0.1) is 35.6 Å². The van der Waals surface area contributed by atoms with E-state index < -0.39 is 65.3 Å². The van der Waals surface area contributed by atoms with Gasteiger partial charge in [0.15, 0.2) is 0 Å². The Bertz CT molecular complexity index is 1670. The molecule has 1 unspecified atom stereocenters. The zero-order valence-electron chi connectivity index (χ0n) is 29.4. The average molecular weight is 722 g/mol. The van der Waals surface area contributed by atoms with Gasteiger partial charge in [-0.2, -0.15) is 5.26 Å². The van der Waals surface area contributed by atoms with Crippen molar-refractivity contribution in [3.05, 3.63) is 47.3 Å². The van der Waals surface area contributed by atoms with Crippen molar-refractivity contribution in [3.8, 4) is 6.07 Å². The molecule has 1 aromatic heterocycles. The molecule has 2 aliphatic rings. The lowest BCUT2D eigenvalue weighted by Gasteiger charge is -2.32. The molecule has 0 radical (unpaired) electrons. The van der Waals surface area contributed by atoms with Crippen LogP contribution >= 0.6 is 0 Å². The number of amides is 5. The fourth-order valence-corrected chi connectivity index (χ4v) is 6.96. The summed E-state index contributed by atoms with van der Waals surface area (Å²) in [6.07, 6.45) is 5.79. The Hall–Kier alpha value is -5.37. The normalized spacial score (nSPS) is 18.8.